The summed E-state index contributed by atoms with van der Waals surface area (Å²) in [4.78, 5) is 18.2. The second-order valence-electron chi connectivity index (χ2n) is 4.04. The number of rotatable bonds is 1. The van der Waals surface area contributed by atoms with E-state index in [-0.39, 0.29) is 11.4 Å². The van der Waals surface area contributed by atoms with Gasteiger partial charge in [-0.15, -0.1) is 23.1 Å². The number of hydrogen-bond donors (Lipinski definition) is 0. The first-order chi connectivity index (χ1) is 7.59. The van der Waals surface area contributed by atoms with Crippen LogP contribution in [0.1, 0.15) is 15.1 Å². The smallest absolute Gasteiger partial charge is 0.320 e. The molecule has 5 heteroatoms. The maximum absolute atomic E-state index is 12.0. The normalized spacial score (nSPS) is 20.2. The van der Waals surface area contributed by atoms with Gasteiger partial charge >= 0.3 is 6.03 Å². The third-order valence-corrected chi connectivity index (χ3v) is 4.97. The summed E-state index contributed by atoms with van der Waals surface area (Å²) in [5, 5.41) is 0.216. The summed E-state index contributed by atoms with van der Waals surface area (Å²) in [7, 11) is 3.62. The van der Waals surface area contributed by atoms with Crippen molar-refractivity contribution in [3.05, 3.63) is 21.9 Å². The number of hydrogen-bond acceptors (Lipinski definition) is 3. The van der Waals surface area contributed by atoms with E-state index in [1.807, 2.05) is 30.8 Å². The quantitative estimate of drug-likeness (QED) is 0.771. The van der Waals surface area contributed by atoms with Gasteiger partial charge in [-0.3, -0.25) is 0 Å². The van der Waals surface area contributed by atoms with Crippen molar-refractivity contribution in [3.63, 3.8) is 0 Å². The van der Waals surface area contributed by atoms with Crippen LogP contribution in [-0.4, -0.2) is 42.2 Å². The molecule has 1 aromatic rings. The van der Waals surface area contributed by atoms with E-state index in [1.54, 1.807) is 16.2 Å². The second-order valence-corrected chi connectivity index (χ2v) is 6.55. The number of aryl methyl sites for hydroxylation is 1. The van der Waals surface area contributed by atoms with Gasteiger partial charge in [0.25, 0.3) is 0 Å². The maximum Gasteiger partial charge on any atom is 0.320 e. The molecule has 2 amide bonds. The fourth-order valence-corrected chi connectivity index (χ4v) is 4.11. The lowest BCUT2D eigenvalue weighted by Crippen LogP contribution is -2.38. The second kappa shape index (κ2) is 4.67. The van der Waals surface area contributed by atoms with Crippen LogP contribution in [0.3, 0.4) is 0 Å². The van der Waals surface area contributed by atoms with Crippen LogP contribution in [0.5, 0.6) is 0 Å². The highest BCUT2D eigenvalue weighted by Crippen LogP contribution is 2.41. The minimum absolute atomic E-state index is 0.112. The molecular formula is C11H16N2OS2. The summed E-state index contributed by atoms with van der Waals surface area (Å²) in [5.74, 6) is 1.03. The zero-order valence-electron chi connectivity index (χ0n) is 9.77. The molecule has 0 saturated carbocycles. The van der Waals surface area contributed by atoms with Crippen LogP contribution >= 0.6 is 23.1 Å². The van der Waals surface area contributed by atoms with Gasteiger partial charge < -0.3 is 9.80 Å². The molecule has 3 nitrogen and oxygen atoms in total. The van der Waals surface area contributed by atoms with Crippen molar-refractivity contribution in [2.24, 2.45) is 0 Å². The Kier molecular flexibility index (Phi) is 3.44. The molecule has 0 aliphatic carbocycles. The van der Waals surface area contributed by atoms with Crippen LogP contribution in [-0.2, 0) is 0 Å². The van der Waals surface area contributed by atoms with E-state index in [1.165, 1.54) is 9.75 Å². The molecule has 2 rings (SSSR count). The molecule has 1 fully saturated rings. The molecular weight excluding hydrogens is 240 g/mol. The Morgan fingerprint density at radius 2 is 2.25 bits per heavy atom. The Bertz CT molecular complexity index is 389. The van der Waals surface area contributed by atoms with Gasteiger partial charge in [-0.05, 0) is 19.1 Å². The van der Waals surface area contributed by atoms with Crippen molar-refractivity contribution in [2.45, 2.75) is 12.3 Å². The van der Waals surface area contributed by atoms with E-state index in [0.717, 1.165) is 12.3 Å². The number of amides is 2. The highest BCUT2D eigenvalue weighted by atomic mass is 32.2. The van der Waals surface area contributed by atoms with Crippen LogP contribution in [0.2, 0.25) is 0 Å². The first kappa shape index (κ1) is 11.8. The van der Waals surface area contributed by atoms with Crippen molar-refractivity contribution in [3.8, 4) is 0 Å². The third kappa shape index (κ3) is 2.20. The van der Waals surface area contributed by atoms with E-state index in [9.17, 15) is 4.79 Å². The highest BCUT2D eigenvalue weighted by Gasteiger charge is 2.32. The lowest BCUT2D eigenvalue weighted by atomic mass is 10.4. The maximum atomic E-state index is 12.0. The number of thiophene rings is 1. The Balaban J connectivity index is 2.18. The lowest BCUT2D eigenvalue weighted by molar-refractivity contribution is 0.173. The van der Waals surface area contributed by atoms with Gasteiger partial charge in [0.2, 0.25) is 0 Å². The minimum atomic E-state index is 0.112. The molecule has 0 spiro atoms. The predicted molar refractivity (Wildman–Crippen MR) is 70.0 cm³/mol. The number of nitrogens with zero attached hydrogens (tertiary/aromatic N) is 2. The topological polar surface area (TPSA) is 23.6 Å². The monoisotopic (exact) mass is 256 g/mol. The molecule has 1 saturated heterocycles. The Morgan fingerprint density at radius 3 is 2.81 bits per heavy atom. The van der Waals surface area contributed by atoms with Crippen molar-refractivity contribution in [1.29, 1.82) is 0 Å². The van der Waals surface area contributed by atoms with Crippen molar-refractivity contribution < 1.29 is 4.79 Å². The Labute approximate surface area is 104 Å². The van der Waals surface area contributed by atoms with Gasteiger partial charge in [0.05, 0.1) is 0 Å². The first-order valence-electron chi connectivity index (χ1n) is 5.25. The van der Waals surface area contributed by atoms with Crippen LogP contribution in [0.25, 0.3) is 0 Å². The molecule has 16 heavy (non-hydrogen) atoms. The zero-order chi connectivity index (χ0) is 11.7. The minimum Gasteiger partial charge on any atom is -0.331 e. The standard InChI is InChI=1S/C11H16N2OS2/c1-8-4-5-9(16-8)10-13(6-7-15-10)11(14)12(2)3/h4-5,10H,6-7H2,1-3H3. The molecule has 1 unspecified atom stereocenters. The first-order valence-corrected chi connectivity index (χ1v) is 7.12. The molecule has 0 aromatic carbocycles. The van der Waals surface area contributed by atoms with E-state index in [0.29, 0.717) is 0 Å². The van der Waals surface area contributed by atoms with Gasteiger partial charge in [-0.1, -0.05) is 0 Å². The largest absolute Gasteiger partial charge is 0.331 e. The average Bonchev–Trinajstić information content (AvgIpc) is 2.83. The Morgan fingerprint density at radius 1 is 1.50 bits per heavy atom. The van der Waals surface area contributed by atoms with Crippen molar-refractivity contribution in [1.82, 2.24) is 9.80 Å². The molecule has 1 aliphatic heterocycles. The van der Waals surface area contributed by atoms with Crippen LogP contribution in [0.4, 0.5) is 4.79 Å². The molecule has 1 aromatic heterocycles. The lowest BCUT2D eigenvalue weighted by Gasteiger charge is -2.26. The third-order valence-electron chi connectivity index (χ3n) is 2.52. The Hall–Kier alpha value is -0.680. The molecule has 88 valence electrons. The molecule has 2 heterocycles. The van der Waals surface area contributed by atoms with Crippen LogP contribution < -0.4 is 0 Å². The van der Waals surface area contributed by atoms with Crippen LogP contribution in [0.15, 0.2) is 12.1 Å². The number of thioether (sulfide) groups is 1. The van der Waals surface area contributed by atoms with Crippen LogP contribution in [0, 0.1) is 6.92 Å². The highest BCUT2D eigenvalue weighted by molar-refractivity contribution is 7.99. The summed E-state index contributed by atoms with van der Waals surface area (Å²) in [6.45, 7) is 2.95. The number of carbonyl (C=O) groups is 1. The van der Waals surface area contributed by atoms with E-state index >= 15 is 0 Å². The molecule has 1 atom stereocenters. The summed E-state index contributed by atoms with van der Waals surface area (Å²) < 4.78 is 0. The summed E-state index contributed by atoms with van der Waals surface area (Å²) in [5.41, 5.74) is 0. The van der Waals surface area contributed by atoms with Gasteiger partial charge in [0, 0.05) is 36.1 Å². The molecule has 0 bridgehead atoms. The molecule has 0 N–H and O–H groups in total. The number of carbonyl (C=O) groups excluding carboxylic acids is 1. The fraction of sp³-hybridized carbons (Fsp3) is 0.545. The van der Waals surface area contributed by atoms with Crippen molar-refractivity contribution in [2.75, 3.05) is 26.4 Å². The van der Waals surface area contributed by atoms with E-state index < -0.39 is 0 Å². The fourth-order valence-electron chi connectivity index (χ4n) is 1.74. The molecule has 0 radical (unpaired) electrons. The average molecular weight is 256 g/mol. The summed E-state index contributed by atoms with van der Waals surface area (Å²) in [6, 6.07) is 4.37. The van der Waals surface area contributed by atoms with E-state index in [2.05, 4.69) is 19.1 Å². The predicted octanol–water partition coefficient (Wildman–Crippen LogP) is 2.79. The molecule has 1 aliphatic rings. The zero-order valence-corrected chi connectivity index (χ0v) is 11.4. The van der Waals surface area contributed by atoms with E-state index in [4.69, 9.17) is 0 Å². The van der Waals surface area contributed by atoms with Gasteiger partial charge in [-0.25, -0.2) is 4.79 Å². The van der Waals surface area contributed by atoms with Gasteiger partial charge in [-0.2, -0.15) is 0 Å². The van der Waals surface area contributed by atoms with Gasteiger partial charge in [0.15, 0.2) is 0 Å². The number of urea groups is 1. The SMILES string of the molecule is Cc1ccc(C2SCCN2C(=O)N(C)C)s1. The van der Waals surface area contributed by atoms with Gasteiger partial charge in [0.1, 0.15) is 5.37 Å². The van der Waals surface area contributed by atoms with Crippen molar-refractivity contribution >= 4 is 29.1 Å². The summed E-state index contributed by atoms with van der Waals surface area (Å²) in [6.07, 6.45) is 0. The summed E-state index contributed by atoms with van der Waals surface area (Å²) >= 11 is 3.64.